The number of carbonyl (C=O) groups excluding carboxylic acids is 1. The predicted octanol–water partition coefficient (Wildman–Crippen LogP) is 4.14. The van der Waals surface area contributed by atoms with Gasteiger partial charge >= 0.3 is 5.97 Å². The van der Waals surface area contributed by atoms with Gasteiger partial charge in [-0.3, -0.25) is 14.2 Å². The number of hydrogen-bond donors (Lipinski definition) is 1. The van der Waals surface area contributed by atoms with Gasteiger partial charge in [0.15, 0.2) is 5.69 Å². The normalized spacial score (nSPS) is 14.9. The molecule has 0 aliphatic carbocycles. The number of esters is 1. The van der Waals surface area contributed by atoms with Gasteiger partial charge in [-0.25, -0.2) is 4.98 Å². The zero-order valence-electron chi connectivity index (χ0n) is 18.5. The Morgan fingerprint density at radius 3 is 2.44 bits per heavy atom. The molecule has 4 rings (SSSR count). The summed E-state index contributed by atoms with van der Waals surface area (Å²) in [5, 5.41) is 3.23. The lowest BCUT2D eigenvalue weighted by Crippen LogP contribution is -2.34. The number of benzene rings is 2. The Bertz CT molecular complexity index is 1150. The minimum absolute atomic E-state index is 0.191. The number of aromatic nitrogens is 2. The van der Waals surface area contributed by atoms with E-state index in [4.69, 9.17) is 9.47 Å². The monoisotopic (exact) mass is 433 g/mol. The number of nitrogens with zero attached hydrogens (tertiary/aromatic N) is 2. The average molecular weight is 434 g/mol. The van der Waals surface area contributed by atoms with Gasteiger partial charge in [-0.1, -0.05) is 62.4 Å². The van der Waals surface area contributed by atoms with Gasteiger partial charge < -0.3 is 14.8 Å². The summed E-state index contributed by atoms with van der Waals surface area (Å²) >= 11 is 0. The number of fused-ring (bicyclic) bond motifs is 1. The van der Waals surface area contributed by atoms with Crippen LogP contribution in [0.2, 0.25) is 0 Å². The van der Waals surface area contributed by atoms with Crippen LogP contribution >= 0.6 is 0 Å². The van der Waals surface area contributed by atoms with Crippen LogP contribution in [0.5, 0.6) is 5.88 Å². The number of ether oxygens (including phenoxy) is 2. The fourth-order valence-electron chi connectivity index (χ4n) is 3.69. The highest BCUT2D eigenvalue weighted by Crippen LogP contribution is 2.30. The Kier molecular flexibility index (Phi) is 6.25. The standard InChI is InChI=1S/C25H27N3O4/c1-4-31-22(29)13-28-15-26-24-23(25(28)30)27-21(14-32-24)20-11-9-19(10-12-20)18-7-5-17(6-8-18)16(2)3/h5-12,15-16,21,27H,4,13-14H2,1-3H3/t21-/m0/s1. The SMILES string of the molecule is CCOC(=O)Cn1cnc2c(c1=O)N[C@H](c1ccc(-c3ccc(C(C)C)cc3)cc1)CO2. The van der Waals surface area contributed by atoms with Crippen LogP contribution in [-0.4, -0.2) is 28.7 Å². The van der Waals surface area contributed by atoms with E-state index in [1.807, 2.05) is 12.1 Å². The highest BCUT2D eigenvalue weighted by molar-refractivity contribution is 5.69. The highest BCUT2D eigenvalue weighted by Gasteiger charge is 2.25. The third-order valence-corrected chi connectivity index (χ3v) is 5.54. The van der Waals surface area contributed by atoms with Crippen molar-refractivity contribution >= 4 is 11.7 Å². The van der Waals surface area contributed by atoms with E-state index in [0.717, 1.165) is 16.7 Å². The van der Waals surface area contributed by atoms with Crippen LogP contribution < -0.4 is 15.6 Å². The molecule has 7 heteroatoms. The first-order valence-corrected chi connectivity index (χ1v) is 10.8. The molecular formula is C25H27N3O4. The van der Waals surface area contributed by atoms with Gasteiger partial charge in [0.1, 0.15) is 19.5 Å². The van der Waals surface area contributed by atoms with E-state index in [1.54, 1.807) is 6.92 Å². The average Bonchev–Trinajstić information content (AvgIpc) is 2.81. The maximum atomic E-state index is 12.8. The lowest BCUT2D eigenvalue weighted by Gasteiger charge is -2.27. The summed E-state index contributed by atoms with van der Waals surface area (Å²) < 4.78 is 11.9. The molecule has 0 radical (unpaired) electrons. The molecule has 3 aromatic rings. The third kappa shape index (κ3) is 4.51. The van der Waals surface area contributed by atoms with Crippen LogP contribution in [0, 0.1) is 0 Å². The minimum atomic E-state index is -0.485. The Morgan fingerprint density at radius 2 is 1.81 bits per heavy atom. The topological polar surface area (TPSA) is 82.5 Å². The largest absolute Gasteiger partial charge is 0.473 e. The van der Waals surface area contributed by atoms with E-state index >= 15 is 0 Å². The van der Waals surface area contributed by atoms with Crippen LogP contribution in [0.3, 0.4) is 0 Å². The lowest BCUT2D eigenvalue weighted by atomic mass is 9.97. The molecule has 1 atom stereocenters. The van der Waals surface area contributed by atoms with E-state index in [9.17, 15) is 9.59 Å². The first-order chi connectivity index (χ1) is 15.5. The molecular weight excluding hydrogens is 406 g/mol. The number of anilines is 1. The molecule has 1 N–H and O–H groups in total. The summed E-state index contributed by atoms with van der Waals surface area (Å²) in [5.74, 6) is 0.262. The van der Waals surface area contributed by atoms with E-state index in [-0.39, 0.29) is 36.3 Å². The van der Waals surface area contributed by atoms with Crippen LogP contribution in [0.1, 0.15) is 43.9 Å². The molecule has 2 aromatic carbocycles. The molecule has 166 valence electrons. The summed E-state index contributed by atoms with van der Waals surface area (Å²) in [7, 11) is 0. The molecule has 1 aliphatic heterocycles. The first kappa shape index (κ1) is 21.6. The van der Waals surface area contributed by atoms with Crippen molar-refractivity contribution in [2.75, 3.05) is 18.5 Å². The van der Waals surface area contributed by atoms with Crippen molar-refractivity contribution in [1.82, 2.24) is 9.55 Å². The molecule has 7 nitrogen and oxygen atoms in total. The maximum absolute atomic E-state index is 12.8. The molecule has 0 unspecified atom stereocenters. The summed E-state index contributed by atoms with van der Waals surface area (Å²) in [4.78, 5) is 28.7. The van der Waals surface area contributed by atoms with E-state index < -0.39 is 5.97 Å². The number of carbonyl (C=O) groups is 1. The third-order valence-electron chi connectivity index (χ3n) is 5.54. The van der Waals surface area contributed by atoms with Crippen LogP contribution in [-0.2, 0) is 16.1 Å². The van der Waals surface area contributed by atoms with Gasteiger partial charge in [0.2, 0.25) is 5.88 Å². The summed E-state index contributed by atoms with van der Waals surface area (Å²) in [6.45, 7) is 6.50. The van der Waals surface area contributed by atoms with Gasteiger partial charge in [-0.2, -0.15) is 0 Å². The Balaban J connectivity index is 1.52. The van der Waals surface area contributed by atoms with Crippen molar-refractivity contribution in [1.29, 1.82) is 0 Å². The summed E-state index contributed by atoms with van der Waals surface area (Å²) in [6, 6.07) is 16.6. The molecule has 0 bridgehead atoms. The maximum Gasteiger partial charge on any atom is 0.326 e. The molecule has 0 fully saturated rings. The zero-order chi connectivity index (χ0) is 22.7. The van der Waals surface area contributed by atoms with Crippen molar-refractivity contribution in [2.45, 2.75) is 39.3 Å². The summed E-state index contributed by atoms with van der Waals surface area (Å²) in [5.41, 5.74) is 4.48. The first-order valence-electron chi connectivity index (χ1n) is 10.8. The number of rotatable bonds is 6. The fourth-order valence-corrected chi connectivity index (χ4v) is 3.69. The Labute approximate surface area is 187 Å². The second-order valence-electron chi connectivity index (χ2n) is 8.07. The molecule has 1 aliphatic rings. The quantitative estimate of drug-likeness (QED) is 0.589. The lowest BCUT2D eigenvalue weighted by molar-refractivity contribution is -0.143. The number of hydrogen-bond acceptors (Lipinski definition) is 6. The van der Waals surface area contributed by atoms with Gasteiger partial charge in [0.25, 0.3) is 5.56 Å². The number of nitrogens with one attached hydrogen (secondary N) is 1. The molecule has 1 aromatic heterocycles. The predicted molar refractivity (Wildman–Crippen MR) is 123 cm³/mol. The van der Waals surface area contributed by atoms with Gasteiger partial charge in [0, 0.05) is 0 Å². The van der Waals surface area contributed by atoms with E-state index in [0.29, 0.717) is 12.5 Å². The van der Waals surface area contributed by atoms with Gasteiger partial charge in [0.05, 0.1) is 12.6 Å². The van der Waals surface area contributed by atoms with Crippen molar-refractivity contribution in [3.05, 3.63) is 76.3 Å². The van der Waals surface area contributed by atoms with Crippen molar-refractivity contribution < 1.29 is 14.3 Å². The molecule has 0 amide bonds. The van der Waals surface area contributed by atoms with Crippen molar-refractivity contribution in [2.24, 2.45) is 0 Å². The second kappa shape index (κ2) is 9.26. The van der Waals surface area contributed by atoms with E-state index in [2.05, 4.69) is 60.5 Å². The van der Waals surface area contributed by atoms with Crippen LogP contribution in [0.25, 0.3) is 11.1 Å². The highest BCUT2D eigenvalue weighted by atomic mass is 16.5. The minimum Gasteiger partial charge on any atom is -0.473 e. The zero-order valence-corrected chi connectivity index (χ0v) is 18.5. The van der Waals surface area contributed by atoms with E-state index in [1.165, 1.54) is 16.5 Å². The summed E-state index contributed by atoms with van der Waals surface area (Å²) in [6.07, 6.45) is 1.31. The Hall–Kier alpha value is -3.61. The molecule has 0 spiro atoms. The van der Waals surface area contributed by atoms with Crippen LogP contribution in [0.15, 0.2) is 59.7 Å². The molecule has 0 saturated heterocycles. The fraction of sp³-hybridized carbons (Fsp3) is 0.320. The molecule has 32 heavy (non-hydrogen) atoms. The van der Waals surface area contributed by atoms with Gasteiger partial charge in [-0.05, 0) is 35.1 Å². The second-order valence-corrected chi connectivity index (χ2v) is 8.07. The molecule has 2 heterocycles. The Morgan fingerprint density at radius 1 is 1.16 bits per heavy atom. The van der Waals surface area contributed by atoms with Crippen LogP contribution in [0.4, 0.5) is 5.69 Å². The van der Waals surface area contributed by atoms with Crippen molar-refractivity contribution in [3.8, 4) is 17.0 Å². The van der Waals surface area contributed by atoms with Gasteiger partial charge in [-0.15, -0.1) is 0 Å². The smallest absolute Gasteiger partial charge is 0.326 e. The molecule has 0 saturated carbocycles. The van der Waals surface area contributed by atoms with Crippen molar-refractivity contribution in [3.63, 3.8) is 0 Å².